The number of nitrogens with zero attached hydrogens (tertiary/aromatic N) is 4. The van der Waals surface area contributed by atoms with E-state index in [0.29, 0.717) is 5.56 Å². The minimum absolute atomic E-state index is 0.240. The Hall–Kier alpha value is -2.62. The SMILES string of the molecule is CCCCCc1c(C)c(C#N)c2nc3ccccc3n2c1N1CC[NH+](CCO)CC1. The van der Waals surface area contributed by atoms with Crippen LogP contribution in [0, 0.1) is 18.3 Å². The molecule has 0 spiro atoms. The molecule has 3 aromatic rings. The van der Waals surface area contributed by atoms with Gasteiger partial charge in [-0.05, 0) is 43.0 Å². The Kier molecular flexibility index (Phi) is 6.21. The van der Waals surface area contributed by atoms with Gasteiger partial charge in [-0.25, -0.2) is 4.98 Å². The summed E-state index contributed by atoms with van der Waals surface area (Å²) in [6, 6.07) is 10.6. The smallest absolute Gasteiger partial charge is 0.157 e. The van der Waals surface area contributed by atoms with E-state index >= 15 is 0 Å². The highest BCUT2D eigenvalue weighted by molar-refractivity contribution is 5.86. The number of pyridine rings is 1. The molecule has 0 unspecified atom stereocenters. The zero-order valence-electron chi connectivity index (χ0n) is 18.1. The number of aliphatic hydroxyl groups is 1. The van der Waals surface area contributed by atoms with Crippen LogP contribution in [0.3, 0.4) is 0 Å². The van der Waals surface area contributed by atoms with Gasteiger partial charge in [0.05, 0.1) is 49.4 Å². The summed E-state index contributed by atoms with van der Waals surface area (Å²) in [7, 11) is 0. The minimum Gasteiger partial charge on any atom is -0.391 e. The molecule has 3 heterocycles. The lowest BCUT2D eigenvalue weighted by Crippen LogP contribution is -3.15. The number of piperazine rings is 1. The number of hydrogen-bond acceptors (Lipinski definition) is 4. The Morgan fingerprint density at radius 2 is 1.97 bits per heavy atom. The molecule has 0 radical (unpaired) electrons. The van der Waals surface area contributed by atoms with Crippen molar-refractivity contribution in [3.05, 3.63) is 41.0 Å². The van der Waals surface area contributed by atoms with Crippen molar-refractivity contribution in [3.63, 3.8) is 0 Å². The van der Waals surface area contributed by atoms with Crippen molar-refractivity contribution >= 4 is 22.5 Å². The summed E-state index contributed by atoms with van der Waals surface area (Å²) in [6.07, 6.45) is 4.48. The third-order valence-electron chi connectivity index (χ3n) is 6.47. The van der Waals surface area contributed by atoms with E-state index in [1.54, 1.807) is 0 Å². The Labute approximate surface area is 178 Å². The number of para-hydroxylation sites is 2. The number of fused-ring (bicyclic) bond motifs is 3. The number of anilines is 1. The molecule has 0 amide bonds. The Morgan fingerprint density at radius 3 is 2.67 bits per heavy atom. The van der Waals surface area contributed by atoms with Gasteiger partial charge in [0.25, 0.3) is 0 Å². The van der Waals surface area contributed by atoms with E-state index < -0.39 is 0 Å². The maximum atomic E-state index is 9.99. The number of nitrogens with one attached hydrogen (secondary N) is 1. The molecule has 1 aromatic carbocycles. The topological polar surface area (TPSA) is 69.0 Å². The van der Waals surface area contributed by atoms with Gasteiger partial charge in [-0.3, -0.25) is 4.40 Å². The molecule has 1 aliphatic heterocycles. The van der Waals surface area contributed by atoms with E-state index in [0.717, 1.165) is 67.8 Å². The fourth-order valence-corrected chi connectivity index (χ4v) is 4.79. The first kappa shape index (κ1) is 20.6. The molecule has 2 N–H and O–H groups in total. The molecule has 1 fully saturated rings. The molecular formula is C24H32N5O+. The summed E-state index contributed by atoms with van der Waals surface area (Å²) in [5.41, 5.74) is 5.85. The van der Waals surface area contributed by atoms with Crippen LogP contribution in [0.15, 0.2) is 24.3 Å². The number of benzene rings is 1. The highest BCUT2D eigenvalue weighted by atomic mass is 16.3. The second-order valence-electron chi connectivity index (χ2n) is 8.34. The molecule has 0 bridgehead atoms. The van der Waals surface area contributed by atoms with Crippen molar-refractivity contribution in [2.24, 2.45) is 0 Å². The Balaban J connectivity index is 1.91. The lowest BCUT2D eigenvalue weighted by molar-refractivity contribution is -0.900. The summed E-state index contributed by atoms with van der Waals surface area (Å²) in [6.45, 7) is 9.30. The van der Waals surface area contributed by atoms with Crippen LogP contribution in [-0.2, 0) is 6.42 Å². The van der Waals surface area contributed by atoms with E-state index in [1.807, 2.05) is 18.2 Å². The van der Waals surface area contributed by atoms with Crippen molar-refractivity contribution in [2.75, 3.05) is 44.2 Å². The minimum atomic E-state index is 0.240. The average molecular weight is 407 g/mol. The second kappa shape index (κ2) is 9.03. The van der Waals surface area contributed by atoms with Gasteiger partial charge in [-0.1, -0.05) is 31.9 Å². The third kappa shape index (κ3) is 3.64. The number of aromatic nitrogens is 2. The summed E-state index contributed by atoms with van der Waals surface area (Å²) < 4.78 is 2.24. The quantitative estimate of drug-likeness (QED) is 0.590. The maximum absolute atomic E-state index is 9.99. The van der Waals surface area contributed by atoms with Crippen molar-refractivity contribution in [3.8, 4) is 6.07 Å². The van der Waals surface area contributed by atoms with Gasteiger partial charge in [0.15, 0.2) is 5.65 Å². The Bertz CT molecular complexity index is 1070. The largest absolute Gasteiger partial charge is 0.391 e. The standard InChI is InChI=1S/C24H31N5O/c1-3-4-5-8-19-18(2)20(17-25)23-26-21-9-6-7-10-22(21)29(23)24(19)28-13-11-27(12-14-28)15-16-30/h6-7,9-10,30H,3-5,8,11-16H2,1-2H3/p+1. The molecule has 4 rings (SSSR count). The van der Waals surface area contributed by atoms with E-state index in [4.69, 9.17) is 4.98 Å². The molecule has 2 aromatic heterocycles. The first-order valence-electron chi connectivity index (χ1n) is 11.2. The van der Waals surface area contributed by atoms with E-state index in [-0.39, 0.29) is 6.61 Å². The number of imidazole rings is 1. The third-order valence-corrected chi connectivity index (χ3v) is 6.47. The van der Waals surface area contributed by atoms with Crippen LogP contribution in [0.5, 0.6) is 0 Å². The van der Waals surface area contributed by atoms with Crippen molar-refractivity contribution in [1.29, 1.82) is 5.26 Å². The zero-order valence-corrected chi connectivity index (χ0v) is 18.1. The molecular weight excluding hydrogens is 374 g/mol. The number of aliphatic hydroxyl groups excluding tert-OH is 1. The normalized spacial score (nSPS) is 15.2. The zero-order chi connectivity index (χ0) is 21.1. The number of quaternary nitrogens is 1. The fraction of sp³-hybridized carbons (Fsp3) is 0.500. The number of unbranched alkanes of at least 4 members (excludes halogenated alkanes) is 2. The summed E-state index contributed by atoms with van der Waals surface area (Å²) in [5.74, 6) is 1.22. The van der Waals surface area contributed by atoms with Crippen molar-refractivity contribution in [1.82, 2.24) is 9.38 Å². The molecule has 158 valence electrons. The summed E-state index contributed by atoms with van der Waals surface area (Å²) in [4.78, 5) is 8.80. The number of hydrogen-bond donors (Lipinski definition) is 2. The monoisotopic (exact) mass is 406 g/mol. The number of nitriles is 1. The molecule has 6 heteroatoms. The predicted octanol–water partition coefficient (Wildman–Crippen LogP) is 2.10. The van der Waals surface area contributed by atoms with Crippen LogP contribution in [0.1, 0.15) is 42.9 Å². The van der Waals surface area contributed by atoms with Gasteiger partial charge < -0.3 is 14.9 Å². The van der Waals surface area contributed by atoms with Crippen molar-refractivity contribution < 1.29 is 10.0 Å². The Morgan fingerprint density at radius 1 is 1.20 bits per heavy atom. The van der Waals surface area contributed by atoms with Gasteiger partial charge in [0.1, 0.15) is 18.4 Å². The van der Waals surface area contributed by atoms with Gasteiger partial charge in [-0.15, -0.1) is 0 Å². The van der Waals surface area contributed by atoms with Crippen LogP contribution in [0.4, 0.5) is 5.82 Å². The highest BCUT2D eigenvalue weighted by Gasteiger charge is 2.27. The molecule has 0 saturated carbocycles. The van der Waals surface area contributed by atoms with E-state index in [2.05, 4.69) is 35.3 Å². The molecule has 0 atom stereocenters. The van der Waals surface area contributed by atoms with E-state index in [1.165, 1.54) is 29.1 Å². The summed E-state index contributed by atoms with van der Waals surface area (Å²) in [5, 5.41) is 19.3. The van der Waals surface area contributed by atoms with Gasteiger partial charge in [-0.2, -0.15) is 5.26 Å². The highest BCUT2D eigenvalue weighted by Crippen LogP contribution is 2.34. The molecule has 1 aliphatic rings. The van der Waals surface area contributed by atoms with Gasteiger partial charge in [0.2, 0.25) is 0 Å². The van der Waals surface area contributed by atoms with Crippen LogP contribution < -0.4 is 9.80 Å². The molecule has 6 nitrogen and oxygen atoms in total. The van der Waals surface area contributed by atoms with Gasteiger partial charge >= 0.3 is 0 Å². The first-order chi connectivity index (χ1) is 14.7. The van der Waals surface area contributed by atoms with Gasteiger partial charge in [0, 0.05) is 0 Å². The average Bonchev–Trinajstić information content (AvgIpc) is 3.14. The molecule has 1 saturated heterocycles. The fourth-order valence-electron chi connectivity index (χ4n) is 4.79. The van der Waals surface area contributed by atoms with Crippen LogP contribution >= 0.6 is 0 Å². The summed E-state index contributed by atoms with van der Waals surface area (Å²) >= 11 is 0. The van der Waals surface area contributed by atoms with Crippen LogP contribution in [0.2, 0.25) is 0 Å². The maximum Gasteiger partial charge on any atom is 0.157 e. The first-order valence-corrected chi connectivity index (χ1v) is 11.2. The molecule has 30 heavy (non-hydrogen) atoms. The predicted molar refractivity (Wildman–Crippen MR) is 120 cm³/mol. The lowest BCUT2D eigenvalue weighted by Gasteiger charge is -2.35. The molecule has 0 aliphatic carbocycles. The lowest BCUT2D eigenvalue weighted by atomic mass is 9.98. The van der Waals surface area contributed by atoms with Crippen molar-refractivity contribution in [2.45, 2.75) is 39.5 Å². The van der Waals surface area contributed by atoms with E-state index in [9.17, 15) is 10.4 Å². The van der Waals surface area contributed by atoms with Crippen LogP contribution in [-0.4, -0.2) is 53.8 Å². The van der Waals surface area contributed by atoms with Crippen LogP contribution in [0.25, 0.3) is 16.7 Å². The number of rotatable bonds is 7. The second-order valence-corrected chi connectivity index (χ2v) is 8.34.